The van der Waals surface area contributed by atoms with Gasteiger partial charge in [-0.3, -0.25) is 4.55 Å². The predicted molar refractivity (Wildman–Crippen MR) is 74.7 cm³/mol. The average Bonchev–Trinajstić information content (AvgIpc) is 2.88. The molecule has 3 rings (SSSR count). The van der Waals surface area contributed by atoms with E-state index in [0.29, 0.717) is 12.2 Å². The van der Waals surface area contributed by atoms with Gasteiger partial charge >= 0.3 is 0 Å². The molecular formula is C14H16O6S. The third-order valence-electron chi connectivity index (χ3n) is 3.93. The Kier molecular flexibility index (Phi) is 3.75. The van der Waals surface area contributed by atoms with E-state index in [1.807, 2.05) is 30.3 Å². The van der Waals surface area contributed by atoms with Crippen molar-refractivity contribution in [3.63, 3.8) is 0 Å². The summed E-state index contributed by atoms with van der Waals surface area (Å²) in [6, 6.07) is 9.32. The first-order valence-corrected chi connectivity index (χ1v) is 8.12. The van der Waals surface area contributed by atoms with Gasteiger partial charge in [0.05, 0.1) is 6.10 Å². The highest BCUT2D eigenvalue weighted by Gasteiger charge is 2.46. The zero-order valence-electron chi connectivity index (χ0n) is 11.4. The van der Waals surface area contributed by atoms with E-state index in [2.05, 4.69) is 0 Å². The molecule has 0 amide bonds. The zero-order valence-corrected chi connectivity index (χ0v) is 12.2. The third-order valence-corrected chi connectivity index (χ3v) is 5.17. The molecule has 1 aliphatic heterocycles. The Morgan fingerprint density at radius 2 is 2.00 bits per heavy atom. The SMILES string of the molecule is COC1CC2OOC(c3ccccc3)=C2CC1S(=O)(=O)O. The van der Waals surface area contributed by atoms with Gasteiger partial charge in [-0.1, -0.05) is 30.3 Å². The van der Waals surface area contributed by atoms with E-state index in [9.17, 15) is 13.0 Å². The first kappa shape index (κ1) is 14.5. The molecule has 3 unspecified atom stereocenters. The van der Waals surface area contributed by atoms with Crippen LogP contribution < -0.4 is 0 Å². The summed E-state index contributed by atoms with van der Waals surface area (Å²) in [5.41, 5.74) is 1.57. The van der Waals surface area contributed by atoms with Crippen LogP contribution in [0.1, 0.15) is 18.4 Å². The third kappa shape index (κ3) is 2.69. The van der Waals surface area contributed by atoms with Crippen molar-refractivity contribution >= 4 is 15.9 Å². The van der Waals surface area contributed by atoms with Crippen LogP contribution in [0.25, 0.3) is 5.76 Å². The Hall–Kier alpha value is -1.41. The number of benzene rings is 1. The molecule has 0 radical (unpaired) electrons. The Labute approximate surface area is 123 Å². The van der Waals surface area contributed by atoms with E-state index in [0.717, 1.165) is 11.1 Å². The Bertz CT molecular complexity index is 651. The summed E-state index contributed by atoms with van der Waals surface area (Å²) < 4.78 is 37.7. The fraction of sp³-hybridized carbons (Fsp3) is 0.429. The van der Waals surface area contributed by atoms with Gasteiger partial charge in [0, 0.05) is 24.7 Å². The zero-order chi connectivity index (χ0) is 15.0. The molecule has 1 heterocycles. The van der Waals surface area contributed by atoms with Gasteiger partial charge in [0.1, 0.15) is 11.4 Å². The van der Waals surface area contributed by atoms with Crippen LogP contribution in [-0.2, 0) is 24.6 Å². The lowest BCUT2D eigenvalue weighted by Crippen LogP contribution is -2.43. The molecule has 0 spiro atoms. The Morgan fingerprint density at radius 1 is 1.29 bits per heavy atom. The lowest BCUT2D eigenvalue weighted by atomic mass is 9.87. The van der Waals surface area contributed by atoms with Gasteiger partial charge < -0.3 is 9.62 Å². The van der Waals surface area contributed by atoms with Gasteiger partial charge in [-0.25, -0.2) is 0 Å². The summed E-state index contributed by atoms with van der Waals surface area (Å²) >= 11 is 0. The molecule has 0 bridgehead atoms. The van der Waals surface area contributed by atoms with E-state index in [1.54, 1.807) is 0 Å². The van der Waals surface area contributed by atoms with Crippen molar-refractivity contribution in [2.45, 2.75) is 30.3 Å². The average molecular weight is 312 g/mol. The number of methoxy groups -OCH3 is 1. The summed E-state index contributed by atoms with van der Waals surface area (Å²) in [4.78, 5) is 10.6. The topological polar surface area (TPSA) is 82.1 Å². The van der Waals surface area contributed by atoms with Crippen LogP contribution in [0.3, 0.4) is 0 Å². The molecule has 2 aliphatic rings. The fourth-order valence-electron chi connectivity index (χ4n) is 2.85. The second kappa shape index (κ2) is 5.42. The highest BCUT2D eigenvalue weighted by atomic mass is 32.2. The summed E-state index contributed by atoms with van der Waals surface area (Å²) in [6.07, 6.45) is -0.505. The molecule has 21 heavy (non-hydrogen) atoms. The molecule has 7 heteroatoms. The molecule has 1 N–H and O–H groups in total. The number of fused-ring (bicyclic) bond motifs is 1. The van der Waals surface area contributed by atoms with Gasteiger partial charge in [0.25, 0.3) is 10.1 Å². The first-order valence-electron chi connectivity index (χ1n) is 6.61. The van der Waals surface area contributed by atoms with Crippen molar-refractivity contribution < 1.29 is 27.5 Å². The van der Waals surface area contributed by atoms with Gasteiger partial charge in [-0.2, -0.15) is 13.3 Å². The maximum absolute atomic E-state index is 11.6. The minimum absolute atomic E-state index is 0.131. The summed E-state index contributed by atoms with van der Waals surface area (Å²) in [7, 11) is -2.78. The molecule has 0 saturated heterocycles. The lowest BCUT2D eigenvalue weighted by molar-refractivity contribution is -0.249. The Balaban J connectivity index is 1.99. The molecule has 0 aromatic heterocycles. The van der Waals surface area contributed by atoms with Crippen LogP contribution in [0.4, 0.5) is 0 Å². The number of hydrogen-bond donors (Lipinski definition) is 1. The maximum atomic E-state index is 11.6. The van der Waals surface area contributed by atoms with Gasteiger partial charge in [0.2, 0.25) is 0 Å². The van der Waals surface area contributed by atoms with Crippen LogP contribution in [0.2, 0.25) is 0 Å². The van der Waals surface area contributed by atoms with Gasteiger partial charge in [-0.05, 0) is 6.42 Å². The van der Waals surface area contributed by atoms with Crippen molar-refractivity contribution in [3.05, 3.63) is 41.5 Å². The number of hydrogen-bond acceptors (Lipinski definition) is 5. The van der Waals surface area contributed by atoms with E-state index in [1.165, 1.54) is 7.11 Å². The van der Waals surface area contributed by atoms with E-state index in [-0.39, 0.29) is 12.5 Å². The second-order valence-electron chi connectivity index (χ2n) is 5.16. The van der Waals surface area contributed by atoms with Crippen molar-refractivity contribution in [1.29, 1.82) is 0 Å². The smallest absolute Gasteiger partial charge is 0.270 e. The van der Waals surface area contributed by atoms with Crippen LogP contribution >= 0.6 is 0 Å². The molecule has 1 aromatic carbocycles. The van der Waals surface area contributed by atoms with Crippen LogP contribution in [0.5, 0.6) is 0 Å². The molecular weight excluding hydrogens is 296 g/mol. The molecule has 114 valence electrons. The van der Waals surface area contributed by atoms with E-state index < -0.39 is 21.5 Å². The predicted octanol–water partition coefficient (Wildman–Crippen LogP) is 1.79. The van der Waals surface area contributed by atoms with Gasteiger partial charge in [0.15, 0.2) is 5.76 Å². The number of ether oxygens (including phenoxy) is 1. The highest BCUT2D eigenvalue weighted by molar-refractivity contribution is 7.86. The largest absolute Gasteiger partial charge is 0.380 e. The normalized spacial score (nSPS) is 29.1. The van der Waals surface area contributed by atoms with E-state index in [4.69, 9.17) is 14.5 Å². The number of rotatable bonds is 3. The molecule has 1 fully saturated rings. The fourth-order valence-corrected chi connectivity index (χ4v) is 3.84. The summed E-state index contributed by atoms with van der Waals surface area (Å²) in [5.74, 6) is 0.531. The monoisotopic (exact) mass is 312 g/mol. The van der Waals surface area contributed by atoms with Crippen molar-refractivity contribution in [2.24, 2.45) is 0 Å². The minimum atomic E-state index is -4.20. The summed E-state index contributed by atoms with van der Waals surface area (Å²) in [5, 5.41) is -1.00. The van der Waals surface area contributed by atoms with E-state index >= 15 is 0 Å². The van der Waals surface area contributed by atoms with Gasteiger partial charge in [-0.15, -0.1) is 0 Å². The standard InChI is InChI=1S/C14H16O6S/c1-18-12-8-11-10(7-13(12)21(15,16)17)14(20-19-11)9-5-3-2-4-6-9/h2-6,11-13H,7-8H2,1H3,(H,15,16,17). The molecule has 3 atom stereocenters. The molecule has 1 aromatic rings. The lowest BCUT2D eigenvalue weighted by Gasteiger charge is -2.31. The van der Waals surface area contributed by atoms with Crippen LogP contribution in [0, 0.1) is 0 Å². The Morgan fingerprint density at radius 3 is 2.62 bits per heavy atom. The van der Waals surface area contributed by atoms with Crippen LogP contribution in [-0.4, -0.2) is 37.5 Å². The minimum Gasteiger partial charge on any atom is -0.380 e. The second-order valence-corrected chi connectivity index (χ2v) is 6.79. The maximum Gasteiger partial charge on any atom is 0.270 e. The van der Waals surface area contributed by atoms with Crippen LogP contribution in [0.15, 0.2) is 35.9 Å². The highest BCUT2D eigenvalue weighted by Crippen LogP contribution is 2.41. The quantitative estimate of drug-likeness (QED) is 0.677. The molecule has 1 aliphatic carbocycles. The van der Waals surface area contributed by atoms with Crippen molar-refractivity contribution in [2.75, 3.05) is 7.11 Å². The van der Waals surface area contributed by atoms with Crippen molar-refractivity contribution in [1.82, 2.24) is 0 Å². The molecule has 1 saturated carbocycles. The van der Waals surface area contributed by atoms with Crippen molar-refractivity contribution in [3.8, 4) is 0 Å². The summed E-state index contributed by atoms with van der Waals surface area (Å²) in [6.45, 7) is 0. The first-order chi connectivity index (χ1) is 10.0. The molecule has 6 nitrogen and oxygen atoms in total.